The second-order valence-corrected chi connectivity index (χ2v) is 5.99. The summed E-state index contributed by atoms with van der Waals surface area (Å²) in [7, 11) is 1.62. The first-order valence-electron chi connectivity index (χ1n) is 7.46. The molecule has 0 radical (unpaired) electrons. The molecule has 1 aliphatic heterocycles. The highest BCUT2D eigenvalue weighted by Crippen LogP contribution is 2.37. The Kier molecular flexibility index (Phi) is 3.50. The van der Waals surface area contributed by atoms with E-state index in [1.165, 1.54) is 0 Å². The van der Waals surface area contributed by atoms with Crippen LogP contribution in [0.15, 0.2) is 48.5 Å². The fourth-order valence-electron chi connectivity index (χ4n) is 2.98. The van der Waals surface area contributed by atoms with Gasteiger partial charge in [0.25, 0.3) is 5.91 Å². The Labute approximate surface area is 143 Å². The van der Waals surface area contributed by atoms with Gasteiger partial charge in [0.05, 0.1) is 18.8 Å². The highest BCUT2D eigenvalue weighted by Gasteiger charge is 2.35. The zero-order valence-electron chi connectivity index (χ0n) is 12.8. The highest BCUT2D eigenvalue weighted by molar-refractivity contribution is 6.30. The van der Waals surface area contributed by atoms with Crippen LogP contribution in [0.25, 0.3) is 11.3 Å². The SMILES string of the molecule is COc1cccc(-c2n[nH]c3c2[C@H](c2ccc(Cl)cc2)NC3=O)c1. The molecule has 120 valence electrons. The van der Waals surface area contributed by atoms with Gasteiger partial charge in [0, 0.05) is 16.1 Å². The third kappa shape index (κ3) is 2.34. The summed E-state index contributed by atoms with van der Waals surface area (Å²) in [5.41, 5.74) is 3.92. The first-order chi connectivity index (χ1) is 11.7. The van der Waals surface area contributed by atoms with Crippen molar-refractivity contribution >= 4 is 17.5 Å². The first-order valence-corrected chi connectivity index (χ1v) is 7.84. The number of aromatic nitrogens is 2. The van der Waals surface area contributed by atoms with E-state index in [4.69, 9.17) is 16.3 Å². The van der Waals surface area contributed by atoms with Crippen LogP contribution in [-0.4, -0.2) is 23.2 Å². The van der Waals surface area contributed by atoms with Crippen LogP contribution >= 0.6 is 11.6 Å². The summed E-state index contributed by atoms with van der Waals surface area (Å²) in [6.45, 7) is 0. The number of halogens is 1. The molecule has 0 spiro atoms. The number of H-pyrrole nitrogens is 1. The van der Waals surface area contributed by atoms with Crippen LogP contribution in [-0.2, 0) is 0 Å². The minimum Gasteiger partial charge on any atom is -0.497 e. The maximum Gasteiger partial charge on any atom is 0.270 e. The summed E-state index contributed by atoms with van der Waals surface area (Å²) in [5.74, 6) is 0.580. The Balaban J connectivity index is 1.84. The fourth-order valence-corrected chi connectivity index (χ4v) is 3.10. The lowest BCUT2D eigenvalue weighted by molar-refractivity contribution is 0.0955. The number of ether oxygens (including phenoxy) is 1. The van der Waals surface area contributed by atoms with Gasteiger partial charge < -0.3 is 10.1 Å². The van der Waals surface area contributed by atoms with E-state index in [1.54, 1.807) is 7.11 Å². The van der Waals surface area contributed by atoms with Gasteiger partial charge in [-0.25, -0.2) is 0 Å². The zero-order valence-corrected chi connectivity index (χ0v) is 13.6. The van der Waals surface area contributed by atoms with Gasteiger partial charge in [-0.15, -0.1) is 0 Å². The van der Waals surface area contributed by atoms with E-state index in [1.807, 2.05) is 48.5 Å². The van der Waals surface area contributed by atoms with Crippen LogP contribution in [0.4, 0.5) is 0 Å². The maximum atomic E-state index is 12.3. The van der Waals surface area contributed by atoms with Crippen LogP contribution in [0.5, 0.6) is 5.75 Å². The molecule has 1 amide bonds. The predicted molar refractivity (Wildman–Crippen MR) is 91.3 cm³/mol. The topological polar surface area (TPSA) is 67.0 Å². The Morgan fingerprint density at radius 1 is 1.17 bits per heavy atom. The molecule has 0 aliphatic carbocycles. The number of amides is 1. The molecule has 2 heterocycles. The van der Waals surface area contributed by atoms with E-state index < -0.39 is 0 Å². The van der Waals surface area contributed by atoms with E-state index in [-0.39, 0.29) is 11.9 Å². The monoisotopic (exact) mass is 339 g/mol. The molecule has 5 nitrogen and oxygen atoms in total. The maximum absolute atomic E-state index is 12.3. The standard InChI is InChI=1S/C18H14ClN3O2/c1-24-13-4-2-3-11(9-13)16-14-15(10-5-7-12(19)8-6-10)20-18(23)17(14)22-21-16/h2-9,15H,1H3,(H,20,23)(H,21,22)/t15-/m0/s1. The van der Waals surface area contributed by atoms with Crippen molar-refractivity contribution in [3.05, 3.63) is 70.4 Å². The van der Waals surface area contributed by atoms with E-state index in [0.29, 0.717) is 10.7 Å². The molecule has 1 aromatic heterocycles. The smallest absolute Gasteiger partial charge is 0.270 e. The number of methoxy groups -OCH3 is 1. The van der Waals surface area contributed by atoms with Crippen molar-refractivity contribution in [3.63, 3.8) is 0 Å². The normalized spacial score (nSPS) is 15.9. The summed E-state index contributed by atoms with van der Waals surface area (Å²) in [6.07, 6.45) is 0. The van der Waals surface area contributed by atoms with Crippen molar-refractivity contribution in [1.82, 2.24) is 15.5 Å². The molecule has 3 aromatic rings. The molecule has 1 atom stereocenters. The first kappa shape index (κ1) is 14.8. The molecule has 6 heteroatoms. The van der Waals surface area contributed by atoms with Crippen LogP contribution in [0.1, 0.15) is 27.7 Å². The molecule has 0 bridgehead atoms. The van der Waals surface area contributed by atoms with Crippen molar-refractivity contribution in [2.75, 3.05) is 7.11 Å². The second kappa shape index (κ2) is 5.69. The predicted octanol–water partition coefficient (Wildman–Crippen LogP) is 3.57. The summed E-state index contributed by atoms with van der Waals surface area (Å²) in [4.78, 5) is 12.3. The molecule has 0 saturated heterocycles. The third-order valence-electron chi connectivity index (χ3n) is 4.14. The van der Waals surface area contributed by atoms with Gasteiger partial charge >= 0.3 is 0 Å². The van der Waals surface area contributed by atoms with Crippen LogP contribution in [0.3, 0.4) is 0 Å². The van der Waals surface area contributed by atoms with E-state index in [9.17, 15) is 4.79 Å². The Bertz CT molecular complexity index is 918. The number of carbonyl (C=O) groups is 1. The molecule has 2 aromatic carbocycles. The van der Waals surface area contributed by atoms with Crippen LogP contribution in [0, 0.1) is 0 Å². The molecule has 2 N–H and O–H groups in total. The van der Waals surface area contributed by atoms with Gasteiger partial charge in [0.1, 0.15) is 11.4 Å². The number of nitrogens with zero attached hydrogens (tertiary/aromatic N) is 1. The zero-order chi connectivity index (χ0) is 16.7. The van der Waals surface area contributed by atoms with Crippen molar-refractivity contribution in [2.45, 2.75) is 6.04 Å². The number of hydrogen-bond donors (Lipinski definition) is 2. The molecule has 24 heavy (non-hydrogen) atoms. The number of nitrogens with one attached hydrogen (secondary N) is 2. The van der Waals surface area contributed by atoms with Gasteiger partial charge in [-0.3, -0.25) is 9.89 Å². The third-order valence-corrected chi connectivity index (χ3v) is 4.39. The van der Waals surface area contributed by atoms with E-state index in [2.05, 4.69) is 15.5 Å². The molecule has 0 fully saturated rings. The van der Waals surface area contributed by atoms with Gasteiger partial charge in [-0.05, 0) is 29.8 Å². The van der Waals surface area contributed by atoms with Gasteiger partial charge in [-0.2, -0.15) is 5.10 Å². The molecule has 1 aliphatic rings. The lowest BCUT2D eigenvalue weighted by Gasteiger charge is -2.13. The lowest BCUT2D eigenvalue weighted by Crippen LogP contribution is -2.21. The van der Waals surface area contributed by atoms with Crippen molar-refractivity contribution < 1.29 is 9.53 Å². The minimum atomic E-state index is -0.260. The summed E-state index contributed by atoms with van der Waals surface area (Å²) >= 11 is 5.97. The molecular weight excluding hydrogens is 326 g/mol. The Morgan fingerprint density at radius 2 is 1.96 bits per heavy atom. The summed E-state index contributed by atoms with van der Waals surface area (Å²) in [5, 5.41) is 10.9. The molecular formula is C18H14ClN3O2. The number of hydrogen-bond acceptors (Lipinski definition) is 3. The number of benzene rings is 2. The number of carbonyl (C=O) groups excluding carboxylic acids is 1. The van der Waals surface area contributed by atoms with Crippen molar-refractivity contribution in [2.24, 2.45) is 0 Å². The second-order valence-electron chi connectivity index (χ2n) is 5.55. The number of fused-ring (bicyclic) bond motifs is 1. The quantitative estimate of drug-likeness (QED) is 0.766. The summed E-state index contributed by atoms with van der Waals surface area (Å²) < 4.78 is 5.28. The highest BCUT2D eigenvalue weighted by atomic mass is 35.5. The Morgan fingerprint density at radius 3 is 2.71 bits per heavy atom. The molecule has 0 unspecified atom stereocenters. The Hall–Kier alpha value is -2.79. The minimum absolute atomic E-state index is 0.161. The van der Waals surface area contributed by atoms with Crippen molar-refractivity contribution in [1.29, 1.82) is 0 Å². The van der Waals surface area contributed by atoms with Gasteiger partial charge in [0.2, 0.25) is 0 Å². The average molecular weight is 340 g/mol. The van der Waals surface area contributed by atoms with E-state index >= 15 is 0 Å². The fraction of sp³-hybridized carbons (Fsp3) is 0.111. The van der Waals surface area contributed by atoms with Crippen LogP contribution < -0.4 is 10.1 Å². The van der Waals surface area contributed by atoms with E-state index in [0.717, 1.165) is 28.1 Å². The number of rotatable bonds is 3. The molecule has 4 rings (SSSR count). The van der Waals surface area contributed by atoms with Crippen molar-refractivity contribution in [3.8, 4) is 17.0 Å². The average Bonchev–Trinajstić information content (AvgIpc) is 3.17. The van der Waals surface area contributed by atoms with Gasteiger partial charge in [-0.1, -0.05) is 35.9 Å². The van der Waals surface area contributed by atoms with Gasteiger partial charge in [0.15, 0.2) is 0 Å². The summed E-state index contributed by atoms with van der Waals surface area (Å²) in [6, 6.07) is 14.8. The van der Waals surface area contributed by atoms with Crippen LogP contribution in [0.2, 0.25) is 5.02 Å². The lowest BCUT2D eigenvalue weighted by atomic mass is 9.97. The number of aromatic amines is 1. The molecule has 0 saturated carbocycles. The largest absolute Gasteiger partial charge is 0.497 e.